The number of phenols is 1. The normalized spacial score (nSPS) is 11.5. The highest BCUT2D eigenvalue weighted by molar-refractivity contribution is 6.34. The summed E-state index contributed by atoms with van der Waals surface area (Å²) in [5.74, 6) is 1.34. The molecule has 0 saturated carbocycles. The van der Waals surface area contributed by atoms with E-state index in [-0.39, 0.29) is 5.75 Å². The third-order valence-electron chi connectivity index (χ3n) is 11.4. The molecule has 2 radical (unpaired) electrons. The molecule has 11 rings (SSSR count). The fourth-order valence-electron chi connectivity index (χ4n) is 8.75. The van der Waals surface area contributed by atoms with Gasteiger partial charge in [0, 0.05) is 38.4 Å². The predicted molar refractivity (Wildman–Crippen MR) is 245 cm³/mol. The Hall–Kier alpha value is -7.76. The number of nitrogens with zero attached hydrogens (tertiary/aromatic N) is 2. The molecule has 1 N–H and O–H groups in total. The molecule has 0 fully saturated rings. The van der Waals surface area contributed by atoms with E-state index in [4.69, 9.17) is 12.6 Å². The molecular weight excluding hydrogens is 719 g/mol. The van der Waals surface area contributed by atoms with Gasteiger partial charge in [0.05, 0.1) is 27.8 Å². The molecular formula is C54H35BN2O2. The second-order valence-electron chi connectivity index (χ2n) is 14.9. The van der Waals surface area contributed by atoms with Crippen LogP contribution >= 0.6 is 0 Å². The van der Waals surface area contributed by atoms with Crippen molar-refractivity contribution < 1.29 is 9.84 Å². The maximum atomic E-state index is 11.0. The van der Waals surface area contributed by atoms with E-state index in [9.17, 15) is 5.11 Å². The van der Waals surface area contributed by atoms with Crippen LogP contribution in [0.5, 0.6) is 17.2 Å². The molecule has 0 aliphatic heterocycles. The standard InChI is InChI=1S/C54H35BN2O2/c55-47-34-36(35-14-13-15-39(31-35)56-49-23-8-2-18-43(49)44-19-3-9-24-50(44)56)28-29-54(47)59-40-32-37(30-38(33-40)42-17-6-12-27-53(42)58)41-16-1-7-22-48(41)57-51-25-10-4-20-45(51)46-21-5-11-26-52(46)57/h1-34,58H. The molecule has 4 nitrogen and oxygen atoms in total. The first-order chi connectivity index (χ1) is 29.1. The number of para-hydroxylation sites is 6. The van der Waals surface area contributed by atoms with Crippen molar-refractivity contribution in [2.75, 3.05) is 0 Å². The zero-order chi connectivity index (χ0) is 39.5. The summed E-state index contributed by atoms with van der Waals surface area (Å²) in [4.78, 5) is 0. The highest BCUT2D eigenvalue weighted by Gasteiger charge is 2.18. The molecule has 59 heavy (non-hydrogen) atoms. The van der Waals surface area contributed by atoms with Crippen molar-refractivity contribution >= 4 is 56.9 Å². The van der Waals surface area contributed by atoms with Crippen molar-refractivity contribution in [2.45, 2.75) is 0 Å². The third kappa shape index (κ3) is 5.86. The largest absolute Gasteiger partial charge is 0.507 e. The zero-order valence-electron chi connectivity index (χ0n) is 32.0. The molecule has 0 spiro atoms. The maximum Gasteiger partial charge on any atom is 0.128 e. The van der Waals surface area contributed by atoms with Crippen molar-refractivity contribution in [2.24, 2.45) is 0 Å². The number of hydrogen-bond donors (Lipinski definition) is 1. The van der Waals surface area contributed by atoms with E-state index < -0.39 is 0 Å². The summed E-state index contributed by atoms with van der Waals surface area (Å²) < 4.78 is 11.4. The lowest BCUT2D eigenvalue weighted by molar-refractivity contribution is 0.477. The maximum absolute atomic E-state index is 11.0. The number of fused-ring (bicyclic) bond motifs is 6. The highest BCUT2D eigenvalue weighted by atomic mass is 16.5. The van der Waals surface area contributed by atoms with Crippen molar-refractivity contribution in [3.05, 3.63) is 206 Å². The van der Waals surface area contributed by atoms with Crippen molar-refractivity contribution in [1.29, 1.82) is 0 Å². The van der Waals surface area contributed by atoms with Gasteiger partial charge in [0.15, 0.2) is 0 Å². The van der Waals surface area contributed by atoms with Gasteiger partial charge in [0.2, 0.25) is 0 Å². The van der Waals surface area contributed by atoms with E-state index in [0.717, 1.165) is 61.3 Å². The lowest BCUT2D eigenvalue weighted by atomic mass is 9.91. The monoisotopic (exact) mass is 754 g/mol. The van der Waals surface area contributed by atoms with E-state index >= 15 is 0 Å². The van der Waals surface area contributed by atoms with Gasteiger partial charge in [-0.1, -0.05) is 139 Å². The zero-order valence-corrected chi connectivity index (χ0v) is 32.0. The van der Waals surface area contributed by atoms with Crippen LogP contribution in [0, 0.1) is 0 Å². The topological polar surface area (TPSA) is 39.3 Å². The first-order valence-corrected chi connectivity index (χ1v) is 19.8. The second-order valence-corrected chi connectivity index (χ2v) is 14.9. The molecule has 11 aromatic rings. The van der Waals surface area contributed by atoms with E-state index in [1.165, 1.54) is 21.5 Å². The number of hydrogen-bond acceptors (Lipinski definition) is 2. The number of rotatable bonds is 7. The molecule has 0 aliphatic carbocycles. The predicted octanol–water partition coefficient (Wildman–Crippen LogP) is 13.2. The Balaban J connectivity index is 0.999. The molecule has 9 aromatic carbocycles. The average Bonchev–Trinajstić information content (AvgIpc) is 3.80. The Morgan fingerprint density at radius 2 is 0.898 bits per heavy atom. The minimum absolute atomic E-state index is 0.193. The Morgan fingerprint density at radius 1 is 0.390 bits per heavy atom. The van der Waals surface area contributed by atoms with Gasteiger partial charge >= 0.3 is 0 Å². The number of phenolic OH excluding ortho intramolecular Hbond substituents is 1. The van der Waals surface area contributed by atoms with Gasteiger partial charge in [0.1, 0.15) is 25.1 Å². The highest BCUT2D eigenvalue weighted by Crippen LogP contribution is 2.41. The molecule has 0 saturated heterocycles. The first kappa shape index (κ1) is 34.5. The van der Waals surface area contributed by atoms with Crippen molar-refractivity contribution in [3.8, 4) is 62.0 Å². The molecule has 0 unspecified atom stereocenters. The molecule has 0 bridgehead atoms. The minimum Gasteiger partial charge on any atom is -0.507 e. The quantitative estimate of drug-likeness (QED) is 0.165. The van der Waals surface area contributed by atoms with Crippen LogP contribution in [0.15, 0.2) is 206 Å². The van der Waals surface area contributed by atoms with E-state index in [1.54, 1.807) is 6.07 Å². The number of ether oxygens (including phenoxy) is 1. The molecule has 0 aliphatic rings. The minimum atomic E-state index is 0.193. The number of benzene rings is 9. The van der Waals surface area contributed by atoms with E-state index in [2.05, 4.69) is 173 Å². The van der Waals surface area contributed by atoms with Gasteiger partial charge in [-0.2, -0.15) is 0 Å². The fraction of sp³-hybridized carbons (Fsp3) is 0. The Bertz CT molecular complexity index is 3310. The van der Waals surface area contributed by atoms with Crippen LogP contribution in [0.3, 0.4) is 0 Å². The van der Waals surface area contributed by atoms with Crippen molar-refractivity contribution in [1.82, 2.24) is 9.13 Å². The van der Waals surface area contributed by atoms with Gasteiger partial charge in [-0.15, -0.1) is 0 Å². The van der Waals surface area contributed by atoms with Crippen LogP contribution in [0.2, 0.25) is 0 Å². The smallest absolute Gasteiger partial charge is 0.128 e. The van der Waals surface area contributed by atoms with Crippen LogP contribution in [0.25, 0.3) is 88.4 Å². The third-order valence-corrected chi connectivity index (χ3v) is 11.4. The summed E-state index contributed by atoms with van der Waals surface area (Å²) in [5, 5.41) is 15.9. The van der Waals surface area contributed by atoms with E-state index in [0.29, 0.717) is 22.5 Å². The summed E-state index contributed by atoms with van der Waals surface area (Å²) in [6.45, 7) is 0. The molecule has 276 valence electrons. The van der Waals surface area contributed by atoms with Crippen LogP contribution < -0.4 is 10.2 Å². The first-order valence-electron chi connectivity index (χ1n) is 19.8. The van der Waals surface area contributed by atoms with E-state index in [1.807, 2.05) is 36.4 Å². The molecule has 2 aromatic heterocycles. The SMILES string of the molecule is [B]c1cc(-c2cccc(-n3c4ccccc4c4ccccc43)c2)ccc1Oc1cc(-c2ccccc2O)cc(-c2ccccc2-n2c3ccccc3c3ccccc32)c1. The molecule has 2 heterocycles. The Kier molecular flexibility index (Phi) is 8.19. The van der Waals surface area contributed by atoms with Crippen LogP contribution in [-0.4, -0.2) is 22.1 Å². The second kappa shape index (κ2) is 14.0. The van der Waals surface area contributed by atoms with Crippen molar-refractivity contribution in [3.63, 3.8) is 0 Å². The fourth-order valence-corrected chi connectivity index (χ4v) is 8.75. The van der Waals surface area contributed by atoms with Gasteiger partial charge < -0.3 is 19.0 Å². The summed E-state index contributed by atoms with van der Waals surface area (Å²) in [6.07, 6.45) is 0. The molecule has 0 atom stereocenters. The summed E-state index contributed by atoms with van der Waals surface area (Å²) in [7, 11) is 6.83. The summed E-state index contributed by atoms with van der Waals surface area (Å²) in [6, 6.07) is 70.7. The lowest BCUT2D eigenvalue weighted by Crippen LogP contribution is -2.07. The average molecular weight is 755 g/mol. The molecule has 5 heteroatoms. The van der Waals surface area contributed by atoms with Crippen LogP contribution in [-0.2, 0) is 0 Å². The molecule has 0 amide bonds. The Morgan fingerprint density at radius 3 is 1.51 bits per heavy atom. The lowest BCUT2D eigenvalue weighted by Gasteiger charge is -2.17. The van der Waals surface area contributed by atoms with Crippen LogP contribution in [0.4, 0.5) is 0 Å². The van der Waals surface area contributed by atoms with Gasteiger partial charge in [0.25, 0.3) is 0 Å². The Labute approximate surface area is 342 Å². The number of aromatic hydroxyl groups is 1. The number of aromatic nitrogens is 2. The van der Waals surface area contributed by atoms with Gasteiger partial charge in [-0.3, -0.25) is 0 Å². The summed E-state index contributed by atoms with van der Waals surface area (Å²) in [5.41, 5.74) is 12.7. The summed E-state index contributed by atoms with van der Waals surface area (Å²) >= 11 is 0. The van der Waals surface area contributed by atoms with Gasteiger partial charge in [-0.05, 0) is 95.1 Å². The van der Waals surface area contributed by atoms with Gasteiger partial charge in [-0.25, -0.2) is 0 Å². The van der Waals surface area contributed by atoms with Crippen LogP contribution in [0.1, 0.15) is 0 Å².